The third-order valence-electron chi connectivity index (χ3n) is 4.48. The van der Waals surface area contributed by atoms with Gasteiger partial charge < -0.3 is 4.74 Å². The Morgan fingerprint density at radius 2 is 1.79 bits per heavy atom. The van der Waals surface area contributed by atoms with Crippen molar-refractivity contribution in [1.29, 1.82) is 5.26 Å². The zero-order chi connectivity index (χ0) is 17.4. The maximum Gasteiger partial charge on any atom is 0.183 e. The van der Waals surface area contributed by atoms with Gasteiger partial charge >= 0.3 is 0 Å². The number of benzene rings is 2. The smallest absolute Gasteiger partial charge is 0.183 e. The van der Waals surface area contributed by atoms with Gasteiger partial charge in [0.2, 0.25) is 0 Å². The van der Waals surface area contributed by atoms with Crippen molar-refractivity contribution >= 4 is 21.4 Å². The number of methoxy groups -OCH3 is 1. The van der Waals surface area contributed by atoms with Crippen molar-refractivity contribution in [2.45, 2.75) is 16.1 Å². The first-order valence-corrected chi connectivity index (χ1v) is 9.34. The predicted octanol–water partition coefficient (Wildman–Crippen LogP) is 3.44. The third-order valence-corrected chi connectivity index (χ3v) is 7.03. The average molecular weight is 362 g/mol. The average Bonchev–Trinajstić information content (AvgIpc) is 3.26. The molecule has 2 aromatic carbocycles. The molecule has 3 rings (SSSR count). The lowest BCUT2D eigenvalue weighted by molar-refractivity contribution is 0.162. The maximum atomic E-state index is 13.1. The van der Waals surface area contributed by atoms with Crippen LogP contribution in [-0.4, -0.2) is 27.4 Å². The molecule has 1 aliphatic carbocycles. The van der Waals surface area contributed by atoms with Gasteiger partial charge in [-0.3, -0.25) is 0 Å². The fourth-order valence-corrected chi connectivity index (χ4v) is 5.79. The molecule has 4 nitrogen and oxygen atoms in total. The van der Waals surface area contributed by atoms with Crippen LogP contribution >= 0.6 is 11.6 Å². The number of hydrogen-bond acceptors (Lipinski definition) is 4. The van der Waals surface area contributed by atoms with Crippen LogP contribution in [0.4, 0.5) is 0 Å². The van der Waals surface area contributed by atoms with Crippen LogP contribution in [0, 0.1) is 16.7 Å². The largest absolute Gasteiger partial charge is 0.383 e. The van der Waals surface area contributed by atoms with Crippen molar-refractivity contribution in [3.8, 4) is 6.07 Å². The molecule has 3 atom stereocenters. The molecular formula is C18H16ClNO3S. The third kappa shape index (κ3) is 2.61. The van der Waals surface area contributed by atoms with Gasteiger partial charge in [0, 0.05) is 18.1 Å². The topological polar surface area (TPSA) is 67.2 Å². The minimum absolute atomic E-state index is 0.0630. The molecular weight excluding hydrogens is 346 g/mol. The van der Waals surface area contributed by atoms with Crippen LogP contribution in [0.15, 0.2) is 59.5 Å². The first-order chi connectivity index (χ1) is 11.5. The zero-order valence-electron chi connectivity index (χ0n) is 13.0. The molecule has 0 saturated heterocycles. The van der Waals surface area contributed by atoms with E-state index >= 15 is 0 Å². The molecule has 0 aromatic heterocycles. The highest BCUT2D eigenvalue weighted by molar-refractivity contribution is 7.92. The van der Waals surface area contributed by atoms with Gasteiger partial charge in [-0.1, -0.05) is 41.9 Å². The fourth-order valence-electron chi connectivity index (χ4n) is 3.34. The van der Waals surface area contributed by atoms with E-state index < -0.39 is 26.4 Å². The Balaban J connectivity index is 2.08. The molecule has 1 aliphatic rings. The van der Waals surface area contributed by atoms with Crippen molar-refractivity contribution < 1.29 is 13.2 Å². The summed E-state index contributed by atoms with van der Waals surface area (Å²) in [5.41, 5.74) is -0.306. The van der Waals surface area contributed by atoms with E-state index in [9.17, 15) is 13.7 Å². The highest BCUT2D eigenvalue weighted by Gasteiger charge is 2.72. The second-order valence-corrected chi connectivity index (χ2v) is 8.40. The first-order valence-electron chi connectivity index (χ1n) is 7.42. The number of rotatable bonds is 5. The normalized spacial score (nSPS) is 25.9. The SMILES string of the molecule is COC[C@@]1(C#N)[C@@H](c2ccc(Cl)cc2)[C@@H]1S(=O)(=O)c1ccccc1. The van der Waals surface area contributed by atoms with Crippen LogP contribution in [-0.2, 0) is 14.6 Å². The highest BCUT2D eigenvalue weighted by Crippen LogP contribution is 2.63. The number of sulfone groups is 1. The summed E-state index contributed by atoms with van der Waals surface area (Å²) in [7, 11) is -2.18. The number of nitrogens with zero attached hydrogens (tertiary/aromatic N) is 1. The Bertz CT molecular complexity index is 875. The van der Waals surface area contributed by atoms with E-state index in [-0.39, 0.29) is 11.5 Å². The van der Waals surface area contributed by atoms with Gasteiger partial charge in [-0.2, -0.15) is 5.26 Å². The Kier molecular flexibility index (Phi) is 4.39. The van der Waals surface area contributed by atoms with Crippen LogP contribution < -0.4 is 0 Å². The van der Waals surface area contributed by atoms with Crippen LogP contribution in [0.3, 0.4) is 0 Å². The lowest BCUT2D eigenvalue weighted by atomic mass is 10.0. The molecule has 0 aliphatic heterocycles. The van der Waals surface area contributed by atoms with Gasteiger partial charge in [0.05, 0.1) is 22.8 Å². The number of nitriles is 1. The van der Waals surface area contributed by atoms with Gasteiger partial charge in [-0.25, -0.2) is 8.42 Å². The molecule has 1 saturated carbocycles. The van der Waals surface area contributed by atoms with Crippen molar-refractivity contribution in [2.24, 2.45) is 5.41 Å². The minimum Gasteiger partial charge on any atom is -0.383 e. The van der Waals surface area contributed by atoms with Gasteiger partial charge in [0.15, 0.2) is 9.84 Å². The lowest BCUT2D eigenvalue weighted by Gasteiger charge is -2.08. The van der Waals surface area contributed by atoms with Crippen molar-refractivity contribution in [3.05, 3.63) is 65.2 Å². The molecule has 0 spiro atoms. The Hall–Kier alpha value is -1.87. The van der Waals surface area contributed by atoms with E-state index in [2.05, 4.69) is 6.07 Å². The summed E-state index contributed by atoms with van der Waals surface area (Å²) in [5.74, 6) is -0.440. The van der Waals surface area contributed by atoms with Crippen LogP contribution in [0.25, 0.3) is 0 Å². The quantitative estimate of drug-likeness (QED) is 0.818. The summed E-state index contributed by atoms with van der Waals surface area (Å²) in [6.45, 7) is 0.0630. The Labute approximate surface area is 146 Å². The summed E-state index contributed by atoms with van der Waals surface area (Å²) in [4.78, 5) is 0.224. The lowest BCUT2D eigenvalue weighted by Crippen LogP contribution is -2.19. The number of halogens is 1. The number of hydrogen-bond donors (Lipinski definition) is 0. The van der Waals surface area contributed by atoms with Crippen molar-refractivity contribution in [1.82, 2.24) is 0 Å². The van der Waals surface area contributed by atoms with E-state index in [1.54, 1.807) is 54.6 Å². The molecule has 24 heavy (non-hydrogen) atoms. The molecule has 0 unspecified atom stereocenters. The maximum absolute atomic E-state index is 13.1. The Morgan fingerprint density at radius 1 is 1.17 bits per heavy atom. The van der Waals surface area contributed by atoms with Crippen LogP contribution in [0.5, 0.6) is 0 Å². The summed E-state index contributed by atoms with van der Waals surface area (Å²) in [6.07, 6.45) is 0. The second-order valence-electron chi connectivity index (χ2n) is 5.89. The van der Waals surface area contributed by atoms with E-state index in [0.29, 0.717) is 5.02 Å². The summed E-state index contributed by atoms with van der Waals surface area (Å²) in [6, 6.07) is 17.4. The minimum atomic E-state index is -3.65. The monoisotopic (exact) mass is 361 g/mol. The van der Waals surface area contributed by atoms with Gasteiger partial charge in [-0.05, 0) is 29.8 Å². The predicted molar refractivity (Wildman–Crippen MR) is 91.5 cm³/mol. The molecule has 1 fully saturated rings. The fraction of sp³-hybridized carbons (Fsp3) is 0.278. The van der Waals surface area contributed by atoms with E-state index in [4.69, 9.17) is 16.3 Å². The molecule has 0 N–H and O–H groups in total. The van der Waals surface area contributed by atoms with Crippen LogP contribution in [0.1, 0.15) is 11.5 Å². The molecule has 0 radical (unpaired) electrons. The van der Waals surface area contributed by atoms with E-state index in [1.165, 1.54) is 7.11 Å². The molecule has 6 heteroatoms. The van der Waals surface area contributed by atoms with Crippen molar-refractivity contribution in [3.63, 3.8) is 0 Å². The van der Waals surface area contributed by atoms with Gasteiger partial charge in [0.1, 0.15) is 5.41 Å². The van der Waals surface area contributed by atoms with Gasteiger partial charge in [-0.15, -0.1) is 0 Å². The van der Waals surface area contributed by atoms with Crippen molar-refractivity contribution in [2.75, 3.05) is 13.7 Å². The van der Waals surface area contributed by atoms with E-state index in [0.717, 1.165) is 5.56 Å². The highest BCUT2D eigenvalue weighted by atomic mass is 35.5. The summed E-state index contributed by atoms with van der Waals surface area (Å²) in [5, 5.41) is 9.47. The molecule has 0 heterocycles. The molecule has 0 amide bonds. The Morgan fingerprint density at radius 3 is 2.33 bits per heavy atom. The number of ether oxygens (including phenoxy) is 1. The van der Waals surface area contributed by atoms with E-state index in [1.807, 2.05) is 0 Å². The summed E-state index contributed by atoms with van der Waals surface area (Å²) >= 11 is 5.92. The molecule has 2 aromatic rings. The summed E-state index contributed by atoms with van der Waals surface area (Å²) < 4.78 is 31.3. The van der Waals surface area contributed by atoms with Crippen LogP contribution in [0.2, 0.25) is 5.02 Å². The molecule has 124 valence electrons. The first kappa shape index (κ1) is 17.0. The van der Waals surface area contributed by atoms with Gasteiger partial charge in [0.25, 0.3) is 0 Å². The standard InChI is InChI=1S/C18H16ClNO3S/c1-23-12-18(11-20)16(13-7-9-14(19)10-8-13)17(18)24(21,22)15-5-3-2-4-6-15/h2-10,16-17H,12H2,1H3/t16-,17-,18-/m0/s1. The zero-order valence-corrected chi connectivity index (χ0v) is 14.6. The second kappa shape index (κ2) is 6.21. The molecule has 0 bridgehead atoms.